The summed E-state index contributed by atoms with van der Waals surface area (Å²) >= 11 is 6.52. The molecule has 1 aromatic rings. The number of likely N-dealkylation sites (N-methyl/N-ethyl adjacent to an activating group) is 1. The second-order valence-corrected chi connectivity index (χ2v) is 6.69. The van der Waals surface area contributed by atoms with Gasteiger partial charge in [0.25, 0.3) is 0 Å². The molecule has 5 heteroatoms. The average Bonchev–Trinajstić information content (AvgIpc) is 2.75. The first-order valence-corrected chi connectivity index (χ1v) is 7.97. The Balaban J connectivity index is 1.98. The van der Waals surface area contributed by atoms with Crippen LogP contribution in [0.2, 0.25) is 5.02 Å². The predicted molar refractivity (Wildman–Crippen MR) is 87.1 cm³/mol. The van der Waals surface area contributed by atoms with Gasteiger partial charge in [-0.25, -0.2) is 0 Å². The summed E-state index contributed by atoms with van der Waals surface area (Å²) in [7, 11) is 1.79. The Labute approximate surface area is 130 Å². The molecule has 3 unspecified atom stereocenters. The normalized spacial score (nSPS) is 28.5. The van der Waals surface area contributed by atoms with Gasteiger partial charge in [0.2, 0.25) is 5.91 Å². The van der Waals surface area contributed by atoms with Gasteiger partial charge in [-0.05, 0) is 44.9 Å². The summed E-state index contributed by atoms with van der Waals surface area (Å²) in [6.07, 6.45) is 2.44. The maximum absolute atomic E-state index is 11.9. The van der Waals surface area contributed by atoms with Crippen LogP contribution < -0.4 is 15.5 Å². The second-order valence-electron chi connectivity index (χ2n) is 6.29. The van der Waals surface area contributed by atoms with Crippen molar-refractivity contribution in [3.63, 3.8) is 0 Å². The predicted octanol–water partition coefficient (Wildman–Crippen LogP) is 3.18. The van der Waals surface area contributed by atoms with Crippen molar-refractivity contribution in [2.24, 2.45) is 5.92 Å². The molecular formula is C16H22ClN3O. The van der Waals surface area contributed by atoms with Gasteiger partial charge >= 0.3 is 0 Å². The topological polar surface area (TPSA) is 44.4 Å². The summed E-state index contributed by atoms with van der Waals surface area (Å²) in [4.78, 5) is 14.3. The van der Waals surface area contributed by atoms with Gasteiger partial charge in [0.05, 0.1) is 10.7 Å². The lowest BCUT2D eigenvalue weighted by Crippen LogP contribution is -2.41. The summed E-state index contributed by atoms with van der Waals surface area (Å²) in [6.45, 7) is 5.53. The number of carbonyl (C=O) groups excluding carboxylic acids is 1. The fourth-order valence-corrected chi connectivity index (χ4v) is 3.68. The highest BCUT2D eigenvalue weighted by molar-refractivity contribution is 6.33. The Morgan fingerprint density at radius 3 is 2.81 bits per heavy atom. The molecule has 2 aliphatic heterocycles. The molecule has 0 aliphatic carbocycles. The van der Waals surface area contributed by atoms with E-state index in [2.05, 4.69) is 29.4 Å². The van der Waals surface area contributed by atoms with Crippen molar-refractivity contribution in [1.82, 2.24) is 5.32 Å². The van der Waals surface area contributed by atoms with Gasteiger partial charge in [0.1, 0.15) is 6.04 Å². The monoisotopic (exact) mass is 307 g/mol. The number of anilines is 2. The molecule has 0 spiro atoms. The molecule has 0 radical (unpaired) electrons. The second kappa shape index (κ2) is 5.50. The standard InChI is InChI=1S/C16H22ClN3O/c1-9-4-5-10(2)20(8-9)14-7-13-11(6-12(14)17)15(18-3)16(21)19-13/h6-7,9-10,15,18H,4-5,8H2,1-3H3,(H,19,21). The highest BCUT2D eigenvalue weighted by atomic mass is 35.5. The van der Waals surface area contributed by atoms with Gasteiger partial charge in [-0.3, -0.25) is 4.79 Å². The Bertz CT molecular complexity index is 575. The van der Waals surface area contributed by atoms with E-state index in [1.165, 1.54) is 12.8 Å². The highest BCUT2D eigenvalue weighted by Crippen LogP contribution is 2.40. The minimum Gasteiger partial charge on any atom is -0.367 e. The maximum atomic E-state index is 11.9. The maximum Gasteiger partial charge on any atom is 0.246 e. The third-order valence-electron chi connectivity index (χ3n) is 4.67. The number of halogens is 1. The molecule has 0 bridgehead atoms. The van der Waals surface area contributed by atoms with E-state index >= 15 is 0 Å². The van der Waals surface area contributed by atoms with Crippen LogP contribution >= 0.6 is 11.6 Å². The van der Waals surface area contributed by atoms with Gasteiger partial charge in [-0.2, -0.15) is 0 Å². The van der Waals surface area contributed by atoms with Crippen molar-refractivity contribution in [3.8, 4) is 0 Å². The molecule has 2 N–H and O–H groups in total. The van der Waals surface area contributed by atoms with E-state index < -0.39 is 0 Å². The van der Waals surface area contributed by atoms with Gasteiger partial charge in [0.15, 0.2) is 0 Å². The zero-order chi connectivity index (χ0) is 15.1. The number of rotatable bonds is 2. The zero-order valence-corrected chi connectivity index (χ0v) is 13.5. The first-order chi connectivity index (χ1) is 10.0. The zero-order valence-electron chi connectivity index (χ0n) is 12.7. The molecule has 2 aliphatic rings. The highest BCUT2D eigenvalue weighted by Gasteiger charge is 2.32. The van der Waals surface area contributed by atoms with Crippen molar-refractivity contribution >= 4 is 28.9 Å². The number of nitrogens with one attached hydrogen (secondary N) is 2. The first kappa shape index (κ1) is 14.7. The van der Waals surface area contributed by atoms with Crippen molar-refractivity contribution in [1.29, 1.82) is 0 Å². The lowest BCUT2D eigenvalue weighted by atomic mass is 9.94. The van der Waals surface area contributed by atoms with Crippen molar-refractivity contribution in [3.05, 3.63) is 22.7 Å². The summed E-state index contributed by atoms with van der Waals surface area (Å²) in [6, 6.07) is 4.14. The third-order valence-corrected chi connectivity index (χ3v) is 4.97. The number of carbonyl (C=O) groups is 1. The number of benzene rings is 1. The third kappa shape index (κ3) is 2.51. The molecule has 3 atom stereocenters. The molecule has 1 saturated heterocycles. The SMILES string of the molecule is CNC1C(=O)Nc2cc(N3CC(C)CCC3C)c(Cl)cc21. The van der Waals surface area contributed by atoms with E-state index in [4.69, 9.17) is 11.6 Å². The van der Waals surface area contributed by atoms with Crippen LogP contribution in [0.25, 0.3) is 0 Å². The number of piperidine rings is 1. The summed E-state index contributed by atoms with van der Waals surface area (Å²) in [5, 5.41) is 6.70. The van der Waals surface area contributed by atoms with Gasteiger partial charge in [-0.1, -0.05) is 18.5 Å². The van der Waals surface area contributed by atoms with E-state index in [1.54, 1.807) is 7.05 Å². The molecule has 0 aromatic heterocycles. The summed E-state index contributed by atoms with van der Waals surface area (Å²) in [5.74, 6) is 0.658. The Morgan fingerprint density at radius 1 is 1.33 bits per heavy atom. The van der Waals surface area contributed by atoms with Crippen LogP contribution in [0, 0.1) is 5.92 Å². The number of fused-ring (bicyclic) bond motifs is 1. The van der Waals surface area contributed by atoms with Crippen LogP contribution in [0.3, 0.4) is 0 Å². The van der Waals surface area contributed by atoms with Crippen molar-refractivity contribution in [2.45, 2.75) is 38.8 Å². The molecule has 0 saturated carbocycles. The fourth-order valence-electron chi connectivity index (χ4n) is 3.40. The molecule has 1 aromatic carbocycles. The molecule has 4 nitrogen and oxygen atoms in total. The smallest absolute Gasteiger partial charge is 0.246 e. The Kier molecular flexibility index (Phi) is 3.84. The van der Waals surface area contributed by atoms with Crippen molar-refractivity contribution in [2.75, 3.05) is 23.8 Å². The van der Waals surface area contributed by atoms with Gasteiger partial charge in [0, 0.05) is 23.8 Å². The van der Waals surface area contributed by atoms with Crippen LogP contribution in [0.15, 0.2) is 12.1 Å². The van der Waals surface area contributed by atoms with Crippen LogP contribution in [-0.2, 0) is 4.79 Å². The Morgan fingerprint density at radius 2 is 2.10 bits per heavy atom. The van der Waals surface area contributed by atoms with Gasteiger partial charge < -0.3 is 15.5 Å². The summed E-state index contributed by atoms with van der Waals surface area (Å²) in [5.41, 5.74) is 2.85. The lowest BCUT2D eigenvalue weighted by Gasteiger charge is -2.39. The van der Waals surface area contributed by atoms with E-state index in [-0.39, 0.29) is 11.9 Å². The molecule has 21 heavy (non-hydrogen) atoms. The molecule has 1 amide bonds. The number of nitrogens with zero attached hydrogens (tertiary/aromatic N) is 1. The lowest BCUT2D eigenvalue weighted by molar-refractivity contribution is -0.117. The first-order valence-electron chi connectivity index (χ1n) is 7.59. The van der Waals surface area contributed by atoms with Gasteiger partial charge in [-0.15, -0.1) is 0 Å². The number of hydrogen-bond donors (Lipinski definition) is 2. The fraction of sp³-hybridized carbons (Fsp3) is 0.562. The number of amides is 1. The molecular weight excluding hydrogens is 286 g/mol. The molecule has 1 fully saturated rings. The minimum atomic E-state index is -0.302. The van der Waals surface area contributed by atoms with Crippen molar-refractivity contribution < 1.29 is 4.79 Å². The van der Waals surface area contributed by atoms with Crippen LogP contribution in [0.5, 0.6) is 0 Å². The number of hydrogen-bond acceptors (Lipinski definition) is 3. The minimum absolute atomic E-state index is 0.0132. The largest absolute Gasteiger partial charge is 0.367 e. The van der Waals surface area contributed by atoms with E-state index in [0.717, 1.165) is 28.5 Å². The Hall–Kier alpha value is -1.26. The molecule has 3 rings (SSSR count). The van der Waals surface area contributed by atoms with E-state index in [0.29, 0.717) is 12.0 Å². The quantitative estimate of drug-likeness (QED) is 0.882. The average molecular weight is 308 g/mol. The van der Waals surface area contributed by atoms with Crippen LogP contribution in [-0.4, -0.2) is 25.5 Å². The van der Waals surface area contributed by atoms with Crippen LogP contribution in [0.1, 0.15) is 38.3 Å². The molecule has 114 valence electrons. The van der Waals surface area contributed by atoms with E-state index in [9.17, 15) is 4.79 Å². The molecule has 2 heterocycles. The van der Waals surface area contributed by atoms with E-state index in [1.807, 2.05) is 12.1 Å². The van der Waals surface area contributed by atoms with Crippen LogP contribution in [0.4, 0.5) is 11.4 Å². The summed E-state index contributed by atoms with van der Waals surface area (Å²) < 4.78 is 0.